The predicted octanol–water partition coefficient (Wildman–Crippen LogP) is 0.891. The lowest BCUT2D eigenvalue weighted by molar-refractivity contribution is -0.198. The summed E-state index contributed by atoms with van der Waals surface area (Å²) in [6.07, 6.45) is 1.98. The summed E-state index contributed by atoms with van der Waals surface area (Å²) in [5.74, 6) is 0.283. The van der Waals surface area contributed by atoms with Crippen molar-refractivity contribution in [3.63, 3.8) is 0 Å². The zero-order chi connectivity index (χ0) is 6.53. The molecule has 0 aromatic heterocycles. The van der Waals surface area contributed by atoms with Crippen LogP contribution in [-0.4, -0.2) is 18.6 Å². The number of hydrogen-bond donors (Lipinski definition) is 0. The van der Waals surface area contributed by atoms with Gasteiger partial charge < -0.3 is 0 Å². The Labute approximate surface area is 55.5 Å². The third-order valence-electron chi connectivity index (χ3n) is 1.09. The highest BCUT2D eigenvalue weighted by Crippen LogP contribution is 2.16. The highest BCUT2D eigenvalue weighted by molar-refractivity contribution is 7.32. The minimum Gasteiger partial charge on any atom is -0.300 e. The molecule has 1 aliphatic rings. The summed E-state index contributed by atoms with van der Waals surface area (Å²) in [5.41, 5.74) is 0. The van der Waals surface area contributed by atoms with Gasteiger partial charge in [-0.2, -0.15) is 0 Å². The van der Waals surface area contributed by atoms with Gasteiger partial charge in [0, 0.05) is 12.8 Å². The first-order valence-electron chi connectivity index (χ1n) is 2.92. The topological polar surface area (TPSA) is 35.5 Å². The molecule has 0 aliphatic carbocycles. The van der Waals surface area contributed by atoms with Crippen LogP contribution in [0.1, 0.15) is 12.8 Å². The largest absolute Gasteiger partial charge is 0.300 e. The van der Waals surface area contributed by atoms with E-state index in [1.54, 1.807) is 0 Å². The van der Waals surface area contributed by atoms with Crippen LogP contribution in [0.15, 0.2) is 0 Å². The molecule has 1 unspecified atom stereocenters. The van der Waals surface area contributed by atoms with Crippen LogP contribution in [0.2, 0.25) is 0 Å². The van der Waals surface area contributed by atoms with Crippen molar-refractivity contribution in [3.05, 3.63) is 0 Å². The van der Waals surface area contributed by atoms with E-state index >= 15 is 0 Å². The Hall–Kier alpha value is 0.0200. The number of carbonyl (C=O) groups excluding carboxylic acids is 1. The molecule has 0 amide bonds. The third-order valence-corrected chi connectivity index (χ3v) is 1.78. The third kappa shape index (κ3) is 2.89. The van der Waals surface area contributed by atoms with Crippen LogP contribution < -0.4 is 0 Å². The molecule has 0 radical (unpaired) electrons. The lowest BCUT2D eigenvalue weighted by Gasteiger charge is -2.06. The lowest BCUT2D eigenvalue weighted by atomic mass is 10.2. The number of rotatable bonds is 0. The molecule has 3 nitrogen and oxygen atoms in total. The van der Waals surface area contributed by atoms with Crippen LogP contribution in [0.3, 0.4) is 0 Å². The van der Waals surface area contributed by atoms with Gasteiger partial charge in [0.05, 0.1) is 15.4 Å². The van der Waals surface area contributed by atoms with E-state index < -0.39 is 0 Å². The standard InChI is InChI=1S/C5H9O3P/c6-5-1-3-7-8-9-4-2-5/h9H,1-4H2. The summed E-state index contributed by atoms with van der Waals surface area (Å²) >= 11 is 0. The Morgan fingerprint density at radius 1 is 1.44 bits per heavy atom. The fraction of sp³-hybridized carbons (Fsp3) is 0.800. The minimum absolute atomic E-state index is 0.283. The quantitative estimate of drug-likeness (QED) is 0.378. The van der Waals surface area contributed by atoms with E-state index in [-0.39, 0.29) is 5.78 Å². The zero-order valence-electron chi connectivity index (χ0n) is 5.05. The second-order valence-electron chi connectivity index (χ2n) is 1.84. The van der Waals surface area contributed by atoms with Crippen molar-refractivity contribution in [2.75, 3.05) is 12.8 Å². The van der Waals surface area contributed by atoms with E-state index in [9.17, 15) is 4.79 Å². The Morgan fingerprint density at radius 3 is 3.22 bits per heavy atom. The van der Waals surface area contributed by atoms with Crippen molar-refractivity contribution in [1.29, 1.82) is 0 Å². The molecule has 1 heterocycles. The Balaban J connectivity index is 2.20. The second-order valence-corrected chi connectivity index (χ2v) is 2.79. The van der Waals surface area contributed by atoms with Crippen molar-refractivity contribution in [2.24, 2.45) is 0 Å². The summed E-state index contributed by atoms with van der Waals surface area (Å²) in [7, 11) is 0.333. The van der Waals surface area contributed by atoms with Gasteiger partial charge in [0.1, 0.15) is 5.78 Å². The van der Waals surface area contributed by atoms with Gasteiger partial charge >= 0.3 is 0 Å². The van der Waals surface area contributed by atoms with Gasteiger partial charge in [-0.25, -0.2) is 9.56 Å². The first-order chi connectivity index (χ1) is 4.39. The predicted molar refractivity (Wildman–Crippen MR) is 34.5 cm³/mol. The highest BCUT2D eigenvalue weighted by atomic mass is 31.1. The maximum Gasteiger partial charge on any atom is 0.135 e. The maximum atomic E-state index is 10.7. The molecule has 1 aliphatic heterocycles. The van der Waals surface area contributed by atoms with Crippen LogP contribution in [-0.2, 0) is 14.4 Å². The molecule has 9 heavy (non-hydrogen) atoms. The smallest absolute Gasteiger partial charge is 0.135 e. The molecule has 1 fully saturated rings. The van der Waals surface area contributed by atoms with Crippen molar-refractivity contribution in [1.82, 2.24) is 0 Å². The normalized spacial score (nSPS) is 25.6. The van der Waals surface area contributed by atoms with Gasteiger partial charge in [0.25, 0.3) is 0 Å². The second kappa shape index (κ2) is 3.94. The average molecular weight is 148 g/mol. The van der Waals surface area contributed by atoms with Gasteiger partial charge in [-0.1, -0.05) is 0 Å². The van der Waals surface area contributed by atoms with Crippen molar-refractivity contribution in [3.8, 4) is 0 Å². The van der Waals surface area contributed by atoms with E-state index in [1.165, 1.54) is 0 Å². The van der Waals surface area contributed by atoms with Crippen LogP contribution in [0.4, 0.5) is 0 Å². The van der Waals surface area contributed by atoms with Gasteiger partial charge in [-0.15, -0.1) is 0 Å². The van der Waals surface area contributed by atoms with Gasteiger partial charge in [0.15, 0.2) is 0 Å². The molecule has 0 aromatic rings. The Morgan fingerprint density at radius 2 is 2.33 bits per heavy atom. The molecule has 0 saturated carbocycles. The molecule has 0 aromatic carbocycles. The minimum atomic E-state index is 0.283. The van der Waals surface area contributed by atoms with E-state index in [1.807, 2.05) is 0 Å². The van der Waals surface area contributed by atoms with E-state index in [0.29, 0.717) is 28.3 Å². The molecule has 0 N–H and O–H groups in total. The van der Waals surface area contributed by atoms with Crippen LogP contribution >= 0.6 is 8.81 Å². The summed E-state index contributed by atoms with van der Waals surface area (Å²) in [6, 6.07) is 0. The van der Waals surface area contributed by atoms with Gasteiger partial charge in [-0.05, 0) is 6.16 Å². The summed E-state index contributed by atoms with van der Waals surface area (Å²) in [6.45, 7) is 0.422. The monoisotopic (exact) mass is 148 g/mol. The Bertz CT molecular complexity index is 94.4. The molecule has 1 saturated heterocycles. The van der Waals surface area contributed by atoms with Gasteiger partial charge in [0.2, 0.25) is 0 Å². The fourth-order valence-corrected chi connectivity index (χ4v) is 1.23. The first-order valence-corrected chi connectivity index (χ1v) is 4.04. The molecule has 1 atom stereocenters. The fourth-order valence-electron chi connectivity index (χ4n) is 0.596. The van der Waals surface area contributed by atoms with Crippen molar-refractivity contribution >= 4 is 14.6 Å². The van der Waals surface area contributed by atoms with Crippen LogP contribution in [0.5, 0.6) is 0 Å². The van der Waals surface area contributed by atoms with Crippen LogP contribution in [0, 0.1) is 0 Å². The lowest BCUT2D eigenvalue weighted by Crippen LogP contribution is -2.06. The molecule has 0 spiro atoms. The zero-order valence-corrected chi connectivity index (χ0v) is 6.05. The van der Waals surface area contributed by atoms with Crippen molar-refractivity contribution in [2.45, 2.75) is 12.8 Å². The maximum absolute atomic E-state index is 10.7. The van der Waals surface area contributed by atoms with E-state index in [2.05, 4.69) is 4.89 Å². The molecule has 1 rings (SSSR count). The van der Waals surface area contributed by atoms with Gasteiger partial charge in [-0.3, -0.25) is 4.79 Å². The number of hydrogen-bond acceptors (Lipinski definition) is 3. The first kappa shape index (κ1) is 7.13. The Kier molecular flexibility index (Phi) is 3.12. The molecular formula is C5H9O3P. The molecule has 0 bridgehead atoms. The summed E-state index contributed by atoms with van der Waals surface area (Å²) in [5, 5.41) is 0. The number of ketones is 1. The molecule has 52 valence electrons. The molecular weight excluding hydrogens is 139 g/mol. The van der Waals surface area contributed by atoms with E-state index in [0.717, 1.165) is 6.16 Å². The SMILES string of the molecule is O=C1CCOOPCC1. The van der Waals surface area contributed by atoms with Crippen molar-refractivity contribution < 1.29 is 14.4 Å². The number of Topliss-reactive ketones (excluding diaryl/α,β-unsaturated/α-hetero) is 1. The van der Waals surface area contributed by atoms with E-state index in [4.69, 9.17) is 4.67 Å². The highest BCUT2D eigenvalue weighted by Gasteiger charge is 2.05. The summed E-state index contributed by atoms with van der Waals surface area (Å²) in [4.78, 5) is 15.3. The van der Waals surface area contributed by atoms with Crippen LogP contribution in [0.25, 0.3) is 0 Å². The summed E-state index contributed by atoms with van der Waals surface area (Å²) < 4.78 is 4.70. The number of carbonyl (C=O) groups is 1. The molecule has 4 heteroatoms. The average Bonchev–Trinajstić information content (AvgIpc) is 1.79.